The van der Waals surface area contributed by atoms with Crippen LogP contribution in [0.2, 0.25) is 0 Å². The molecule has 1 aromatic heterocycles. The molecule has 1 heterocycles. The molecule has 0 unspecified atom stereocenters. The monoisotopic (exact) mass is 290 g/mol. The molecule has 0 bridgehead atoms. The highest BCUT2D eigenvalue weighted by Gasteiger charge is 2.02. The molecular weight excluding hydrogens is 283 g/mol. The number of anilines is 1. The number of benzene rings is 1. The van der Waals surface area contributed by atoms with Gasteiger partial charge in [-0.15, -0.1) is 11.3 Å². The van der Waals surface area contributed by atoms with Crippen LogP contribution in [0.5, 0.6) is 0 Å². The molecule has 3 N–H and O–H groups in total. The molecule has 2 nitrogen and oxygen atoms in total. The van der Waals surface area contributed by atoms with Crippen LogP contribution in [0.25, 0.3) is 10.1 Å². The summed E-state index contributed by atoms with van der Waals surface area (Å²) < 4.78 is 2.56. The van der Waals surface area contributed by atoms with E-state index in [1.807, 2.05) is 12.1 Å². The van der Waals surface area contributed by atoms with E-state index in [9.17, 15) is 0 Å². The highest BCUT2D eigenvalue weighted by atomic mass is 127. The van der Waals surface area contributed by atoms with E-state index in [0.29, 0.717) is 0 Å². The lowest BCUT2D eigenvalue weighted by Crippen LogP contribution is -2.06. The Labute approximate surface area is 87.9 Å². The first-order valence-electron chi connectivity index (χ1n) is 3.46. The van der Waals surface area contributed by atoms with Crippen molar-refractivity contribution < 1.29 is 0 Å². The van der Waals surface area contributed by atoms with Crippen molar-refractivity contribution in [2.24, 2.45) is 5.84 Å². The number of hydrazine groups is 1. The first-order valence-corrected chi connectivity index (χ1v) is 5.35. The molecule has 0 aliphatic heterocycles. The second-order valence-electron chi connectivity index (χ2n) is 2.41. The molecule has 0 aliphatic rings. The van der Waals surface area contributed by atoms with Gasteiger partial charge in [0.2, 0.25) is 0 Å². The standard InChI is InChI=1S/C8H7IN2S/c9-8-4-5-6(11-10)2-1-3-7(5)12-8/h1-4,11H,10H2. The van der Waals surface area contributed by atoms with Crippen LogP contribution in [0.1, 0.15) is 0 Å². The van der Waals surface area contributed by atoms with E-state index in [0.717, 1.165) is 5.69 Å². The molecule has 0 saturated heterocycles. The number of nitrogen functional groups attached to an aromatic ring is 1. The molecule has 2 rings (SSSR count). The third-order valence-electron chi connectivity index (χ3n) is 1.69. The predicted molar refractivity (Wildman–Crippen MR) is 62.4 cm³/mol. The summed E-state index contributed by atoms with van der Waals surface area (Å²) in [4.78, 5) is 0. The number of thiophene rings is 1. The maximum atomic E-state index is 5.38. The zero-order chi connectivity index (χ0) is 8.55. The quantitative estimate of drug-likeness (QED) is 0.481. The van der Waals surface area contributed by atoms with Crippen molar-refractivity contribution in [3.05, 3.63) is 27.1 Å². The molecule has 12 heavy (non-hydrogen) atoms. The predicted octanol–water partition coefficient (Wildman–Crippen LogP) is 2.79. The Morgan fingerprint density at radius 2 is 2.25 bits per heavy atom. The molecule has 0 saturated carbocycles. The van der Waals surface area contributed by atoms with Crippen molar-refractivity contribution in [1.29, 1.82) is 0 Å². The van der Waals surface area contributed by atoms with E-state index in [1.54, 1.807) is 11.3 Å². The van der Waals surface area contributed by atoms with Gasteiger partial charge in [-0.25, -0.2) is 0 Å². The topological polar surface area (TPSA) is 38.0 Å². The van der Waals surface area contributed by atoms with Gasteiger partial charge >= 0.3 is 0 Å². The van der Waals surface area contributed by atoms with Gasteiger partial charge in [0.05, 0.1) is 8.57 Å². The summed E-state index contributed by atoms with van der Waals surface area (Å²) in [5, 5.41) is 1.20. The maximum Gasteiger partial charge on any atom is 0.0666 e. The van der Waals surface area contributed by atoms with Crippen LogP contribution in [0, 0.1) is 2.88 Å². The third kappa shape index (κ3) is 1.30. The van der Waals surface area contributed by atoms with Crippen LogP contribution in [-0.2, 0) is 0 Å². The van der Waals surface area contributed by atoms with Crippen LogP contribution in [0.15, 0.2) is 24.3 Å². The van der Waals surface area contributed by atoms with E-state index >= 15 is 0 Å². The van der Waals surface area contributed by atoms with Crippen LogP contribution in [-0.4, -0.2) is 0 Å². The summed E-state index contributed by atoms with van der Waals surface area (Å²) in [6.07, 6.45) is 0. The van der Waals surface area contributed by atoms with E-state index in [2.05, 4.69) is 40.1 Å². The minimum atomic E-state index is 0.992. The van der Waals surface area contributed by atoms with Crippen molar-refractivity contribution in [1.82, 2.24) is 0 Å². The molecule has 62 valence electrons. The molecule has 0 radical (unpaired) electrons. The molecule has 0 atom stereocenters. The highest BCUT2D eigenvalue weighted by Crippen LogP contribution is 2.31. The fourth-order valence-corrected chi connectivity index (χ4v) is 2.99. The van der Waals surface area contributed by atoms with Crippen molar-refractivity contribution in [2.75, 3.05) is 5.43 Å². The lowest BCUT2D eigenvalue weighted by molar-refractivity contribution is 1.37. The Morgan fingerprint density at radius 3 is 3.00 bits per heavy atom. The first-order chi connectivity index (χ1) is 5.81. The van der Waals surface area contributed by atoms with Gasteiger partial charge in [-0.3, -0.25) is 5.84 Å². The number of rotatable bonds is 1. The van der Waals surface area contributed by atoms with Gasteiger partial charge < -0.3 is 5.43 Å². The number of hydrogen-bond donors (Lipinski definition) is 2. The molecule has 0 fully saturated rings. The van der Waals surface area contributed by atoms with Gasteiger partial charge in [-0.05, 0) is 40.8 Å². The van der Waals surface area contributed by atoms with Crippen LogP contribution < -0.4 is 11.3 Å². The lowest BCUT2D eigenvalue weighted by atomic mass is 10.2. The number of halogens is 1. The van der Waals surface area contributed by atoms with E-state index in [4.69, 9.17) is 5.84 Å². The molecule has 4 heteroatoms. The second kappa shape index (κ2) is 3.20. The van der Waals surface area contributed by atoms with Crippen LogP contribution in [0.4, 0.5) is 5.69 Å². The third-order valence-corrected chi connectivity index (χ3v) is 3.55. The number of hydrogen-bond acceptors (Lipinski definition) is 3. The summed E-state index contributed by atoms with van der Waals surface area (Å²) in [6.45, 7) is 0. The van der Waals surface area contributed by atoms with Crippen molar-refractivity contribution >= 4 is 49.7 Å². The van der Waals surface area contributed by atoms with Gasteiger partial charge in [-0.2, -0.15) is 0 Å². The van der Waals surface area contributed by atoms with Gasteiger partial charge in [0.15, 0.2) is 0 Å². The first kappa shape index (κ1) is 8.28. The molecule has 0 spiro atoms. The van der Waals surface area contributed by atoms with Crippen molar-refractivity contribution in [3.8, 4) is 0 Å². The number of nitrogens with one attached hydrogen (secondary N) is 1. The fraction of sp³-hybridized carbons (Fsp3) is 0. The zero-order valence-corrected chi connectivity index (χ0v) is 9.15. The molecule has 1 aromatic carbocycles. The average molecular weight is 290 g/mol. The Morgan fingerprint density at radius 1 is 1.42 bits per heavy atom. The number of fused-ring (bicyclic) bond motifs is 1. The lowest BCUT2D eigenvalue weighted by Gasteiger charge is -1.99. The van der Waals surface area contributed by atoms with Gasteiger partial charge in [-0.1, -0.05) is 6.07 Å². The summed E-state index contributed by atoms with van der Waals surface area (Å²) in [5.41, 5.74) is 3.68. The number of nitrogens with two attached hydrogens (primary N) is 1. The van der Waals surface area contributed by atoms with Crippen LogP contribution >= 0.6 is 33.9 Å². The normalized spacial score (nSPS) is 10.5. The van der Waals surface area contributed by atoms with Gasteiger partial charge in [0, 0.05) is 10.1 Å². The highest BCUT2D eigenvalue weighted by molar-refractivity contribution is 14.1. The second-order valence-corrected chi connectivity index (χ2v) is 5.39. The molecule has 0 aliphatic carbocycles. The Hall–Kier alpha value is -0.330. The Bertz CT molecular complexity index is 410. The van der Waals surface area contributed by atoms with E-state index < -0.39 is 0 Å². The van der Waals surface area contributed by atoms with Crippen molar-refractivity contribution in [2.45, 2.75) is 0 Å². The minimum Gasteiger partial charge on any atom is -0.323 e. The molecular formula is C8H7IN2S. The minimum absolute atomic E-state index is 0.992. The fourth-order valence-electron chi connectivity index (χ4n) is 1.16. The maximum absolute atomic E-state index is 5.38. The summed E-state index contributed by atoms with van der Waals surface area (Å²) in [5.74, 6) is 5.38. The molecule has 0 amide bonds. The van der Waals surface area contributed by atoms with Gasteiger partial charge in [0.25, 0.3) is 0 Å². The summed E-state index contributed by atoms with van der Waals surface area (Å²) in [6, 6.07) is 8.22. The van der Waals surface area contributed by atoms with Crippen LogP contribution in [0.3, 0.4) is 0 Å². The summed E-state index contributed by atoms with van der Waals surface area (Å²) >= 11 is 4.09. The summed E-state index contributed by atoms with van der Waals surface area (Å²) in [7, 11) is 0. The smallest absolute Gasteiger partial charge is 0.0666 e. The van der Waals surface area contributed by atoms with Crippen molar-refractivity contribution in [3.63, 3.8) is 0 Å². The zero-order valence-electron chi connectivity index (χ0n) is 6.17. The molecule has 2 aromatic rings. The van der Waals surface area contributed by atoms with E-state index in [1.165, 1.54) is 13.0 Å². The Balaban J connectivity index is 2.78. The Kier molecular flexibility index (Phi) is 2.20. The van der Waals surface area contributed by atoms with E-state index in [-0.39, 0.29) is 0 Å². The SMILES string of the molecule is NNc1cccc2sc(I)cc12. The largest absolute Gasteiger partial charge is 0.323 e. The average Bonchev–Trinajstić information content (AvgIpc) is 2.44. The van der Waals surface area contributed by atoms with Gasteiger partial charge in [0.1, 0.15) is 0 Å².